The third-order valence-electron chi connectivity index (χ3n) is 5.47. The standard InChI is InChI=1S/C23H18/c1-13-12-14(2)17-9-11-21-20-7-5-4-6-18(20)15(3)19-10-8-16(13)22(17)23(19)21/h4-12H,1-3H3. The molecule has 0 aliphatic carbocycles. The van der Waals surface area contributed by atoms with E-state index in [-0.39, 0.29) is 0 Å². The molecule has 5 aromatic carbocycles. The lowest BCUT2D eigenvalue weighted by Crippen LogP contribution is -1.92. The molecule has 0 saturated carbocycles. The smallest absolute Gasteiger partial charge is 0.00175 e. The van der Waals surface area contributed by atoms with E-state index in [4.69, 9.17) is 0 Å². The fraction of sp³-hybridized carbons (Fsp3) is 0.130. The molecular formula is C23H18. The molecule has 0 aliphatic rings. The molecule has 110 valence electrons. The SMILES string of the molecule is Cc1cc(C)c2ccc3c4ccccc4c(C)c4ccc1c2c43. The van der Waals surface area contributed by atoms with E-state index < -0.39 is 0 Å². The van der Waals surface area contributed by atoms with Crippen molar-refractivity contribution in [2.75, 3.05) is 0 Å². The quantitative estimate of drug-likeness (QED) is 0.221. The highest BCUT2D eigenvalue weighted by atomic mass is 14.2. The first-order valence-electron chi connectivity index (χ1n) is 8.23. The molecule has 5 rings (SSSR count). The highest BCUT2D eigenvalue weighted by Crippen LogP contribution is 2.42. The number of rotatable bonds is 0. The summed E-state index contributed by atoms with van der Waals surface area (Å²) in [5.74, 6) is 0. The number of hydrogen-bond donors (Lipinski definition) is 0. The first-order chi connectivity index (χ1) is 11.2. The summed E-state index contributed by atoms with van der Waals surface area (Å²) in [5.41, 5.74) is 4.13. The molecule has 0 aromatic heterocycles. The Morgan fingerprint density at radius 2 is 1.00 bits per heavy atom. The lowest BCUT2D eigenvalue weighted by molar-refractivity contribution is 1.46. The van der Waals surface area contributed by atoms with Crippen molar-refractivity contribution in [3.8, 4) is 0 Å². The van der Waals surface area contributed by atoms with Crippen LogP contribution in [0, 0.1) is 20.8 Å². The Kier molecular flexibility index (Phi) is 2.37. The Labute approximate surface area is 135 Å². The van der Waals surface area contributed by atoms with E-state index in [1.165, 1.54) is 59.8 Å². The molecule has 0 heterocycles. The Bertz CT molecular complexity index is 1200. The summed E-state index contributed by atoms with van der Waals surface area (Å²) in [6.07, 6.45) is 0. The predicted molar refractivity (Wildman–Crippen MR) is 102 cm³/mol. The summed E-state index contributed by atoms with van der Waals surface area (Å²) in [4.78, 5) is 0. The van der Waals surface area contributed by atoms with Gasteiger partial charge in [-0.1, -0.05) is 54.6 Å². The second kappa shape index (κ2) is 4.23. The summed E-state index contributed by atoms with van der Waals surface area (Å²) in [5, 5.41) is 11.1. The Balaban J connectivity index is 2.24. The van der Waals surface area contributed by atoms with E-state index in [1.807, 2.05) is 0 Å². The third-order valence-corrected chi connectivity index (χ3v) is 5.47. The van der Waals surface area contributed by atoms with Gasteiger partial charge in [-0.15, -0.1) is 0 Å². The van der Waals surface area contributed by atoms with Gasteiger partial charge in [0, 0.05) is 0 Å². The first-order valence-corrected chi connectivity index (χ1v) is 8.23. The molecular weight excluding hydrogens is 276 g/mol. The van der Waals surface area contributed by atoms with Gasteiger partial charge in [0.05, 0.1) is 0 Å². The Morgan fingerprint density at radius 1 is 0.478 bits per heavy atom. The molecule has 0 atom stereocenters. The van der Waals surface area contributed by atoms with E-state index in [0.29, 0.717) is 0 Å². The highest BCUT2D eigenvalue weighted by molar-refractivity contribution is 6.30. The van der Waals surface area contributed by atoms with Crippen LogP contribution in [-0.2, 0) is 0 Å². The topological polar surface area (TPSA) is 0 Å². The monoisotopic (exact) mass is 294 g/mol. The van der Waals surface area contributed by atoms with Gasteiger partial charge in [0.1, 0.15) is 0 Å². The summed E-state index contributed by atoms with van der Waals surface area (Å²) < 4.78 is 0. The second-order valence-corrected chi connectivity index (χ2v) is 6.75. The van der Waals surface area contributed by atoms with Crippen LogP contribution in [-0.4, -0.2) is 0 Å². The molecule has 0 aliphatic heterocycles. The maximum atomic E-state index is 2.31. The van der Waals surface area contributed by atoms with Crippen molar-refractivity contribution in [3.63, 3.8) is 0 Å². The summed E-state index contributed by atoms with van der Waals surface area (Å²) in [7, 11) is 0. The van der Waals surface area contributed by atoms with Crippen molar-refractivity contribution in [2.24, 2.45) is 0 Å². The van der Waals surface area contributed by atoms with Crippen LogP contribution in [0.15, 0.2) is 54.6 Å². The van der Waals surface area contributed by atoms with E-state index in [2.05, 4.69) is 75.4 Å². The second-order valence-electron chi connectivity index (χ2n) is 6.75. The van der Waals surface area contributed by atoms with Gasteiger partial charge in [0.15, 0.2) is 0 Å². The maximum absolute atomic E-state index is 2.31. The molecule has 0 bridgehead atoms. The molecule has 5 aromatic rings. The van der Waals surface area contributed by atoms with Gasteiger partial charge in [-0.25, -0.2) is 0 Å². The Morgan fingerprint density at radius 3 is 1.70 bits per heavy atom. The van der Waals surface area contributed by atoms with Crippen LogP contribution >= 0.6 is 0 Å². The number of aryl methyl sites for hydroxylation is 3. The van der Waals surface area contributed by atoms with Gasteiger partial charge < -0.3 is 0 Å². The predicted octanol–water partition coefficient (Wildman–Crippen LogP) is 6.66. The van der Waals surface area contributed by atoms with E-state index in [1.54, 1.807) is 0 Å². The van der Waals surface area contributed by atoms with Crippen molar-refractivity contribution in [1.29, 1.82) is 0 Å². The maximum Gasteiger partial charge on any atom is -0.00175 e. The van der Waals surface area contributed by atoms with Crippen molar-refractivity contribution >= 4 is 43.1 Å². The third kappa shape index (κ3) is 1.51. The van der Waals surface area contributed by atoms with Gasteiger partial charge in [-0.3, -0.25) is 0 Å². The lowest BCUT2D eigenvalue weighted by atomic mass is 9.86. The zero-order valence-electron chi connectivity index (χ0n) is 13.7. The fourth-order valence-electron chi connectivity index (χ4n) is 4.36. The minimum Gasteiger partial charge on any atom is -0.0616 e. The molecule has 0 nitrogen and oxygen atoms in total. The van der Waals surface area contributed by atoms with Crippen LogP contribution in [0.25, 0.3) is 43.1 Å². The van der Waals surface area contributed by atoms with Gasteiger partial charge in [-0.05, 0) is 80.6 Å². The molecule has 0 saturated heterocycles. The summed E-state index contributed by atoms with van der Waals surface area (Å²) >= 11 is 0. The number of benzene rings is 5. The molecule has 0 N–H and O–H groups in total. The Hall–Kier alpha value is -2.60. The van der Waals surface area contributed by atoms with E-state index in [0.717, 1.165) is 0 Å². The van der Waals surface area contributed by atoms with Crippen LogP contribution in [0.5, 0.6) is 0 Å². The summed E-state index contributed by atoms with van der Waals surface area (Å²) in [6, 6.07) is 20.3. The first kappa shape index (κ1) is 12.9. The van der Waals surface area contributed by atoms with Gasteiger partial charge in [0.2, 0.25) is 0 Å². The lowest BCUT2D eigenvalue weighted by Gasteiger charge is -2.18. The normalized spacial score (nSPS) is 12.1. The fourth-order valence-corrected chi connectivity index (χ4v) is 4.36. The van der Waals surface area contributed by atoms with E-state index in [9.17, 15) is 0 Å². The molecule has 0 unspecified atom stereocenters. The van der Waals surface area contributed by atoms with Crippen molar-refractivity contribution in [3.05, 3.63) is 71.3 Å². The molecule has 0 spiro atoms. The van der Waals surface area contributed by atoms with Crippen LogP contribution in [0.3, 0.4) is 0 Å². The molecule has 0 fully saturated rings. The number of hydrogen-bond acceptors (Lipinski definition) is 0. The van der Waals surface area contributed by atoms with Crippen molar-refractivity contribution in [2.45, 2.75) is 20.8 Å². The van der Waals surface area contributed by atoms with Crippen molar-refractivity contribution in [1.82, 2.24) is 0 Å². The van der Waals surface area contributed by atoms with Gasteiger partial charge >= 0.3 is 0 Å². The number of fused-ring (bicyclic) bond motifs is 2. The minimum absolute atomic E-state index is 1.37. The zero-order chi connectivity index (χ0) is 15.7. The zero-order valence-corrected chi connectivity index (χ0v) is 13.7. The van der Waals surface area contributed by atoms with Gasteiger partial charge in [-0.2, -0.15) is 0 Å². The van der Waals surface area contributed by atoms with Crippen LogP contribution in [0.2, 0.25) is 0 Å². The molecule has 0 amide bonds. The minimum atomic E-state index is 1.37. The molecule has 0 radical (unpaired) electrons. The largest absolute Gasteiger partial charge is 0.0616 e. The highest BCUT2D eigenvalue weighted by Gasteiger charge is 2.15. The average Bonchev–Trinajstić information content (AvgIpc) is 2.57. The van der Waals surface area contributed by atoms with E-state index >= 15 is 0 Å². The average molecular weight is 294 g/mol. The van der Waals surface area contributed by atoms with Crippen LogP contribution in [0.1, 0.15) is 16.7 Å². The van der Waals surface area contributed by atoms with Crippen molar-refractivity contribution < 1.29 is 0 Å². The molecule has 23 heavy (non-hydrogen) atoms. The van der Waals surface area contributed by atoms with Crippen LogP contribution < -0.4 is 0 Å². The summed E-state index contributed by atoms with van der Waals surface area (Å²) in [6.45, 7) is 6.71. The molecule has 0 heteroatoms. The van der Waals surface area contributed by atoms with Crippen LogP contribution in [0.4, 0.5) is 0 Å². The van der Waals surface area contributed by atoms with Gasteiger partial charge in [0.25, 0.3) is 0 Å².